The molecule has 4 rings (SSSR count). The average molecular weight is 383 g/mol. The molecule has 2 aliphatic rings. The van der Waals surface area contributed by atoms with Crippen molar-refractivity contribution in [3.63, 3.8) is 0 Å². The van der Waals surface area contributed by atoms with E-state index in [9.17, 15) is 14.4 Å². The molecule has 0 saturated carbocycles. The van der Waals surface area contributed by atoms with Crippen LogP contribution in [0.3, 0.4) is 0 Å². The number of aryl methyl sites for hydroxylation is 3. The van der Waals surface area contributed by atoms with Gasteiger partial charge in [0.15, 0.2) is 0 Å². The molecule has 0 bridgehead atoms. The van der Waals surface area contributed by atoms with Crippen LogP contribution >= 0.6 is 0 Å². The molecule has 8 heteroatoms. The number of carbonyl (C=O) groups is 1. The summed E-state index contributed by atoms with van der Waals surface area (Å²) in [7, 11) is 1.64. The fourth-order valence-electron chi connectivity index (χ4n) is 3.94. The molecule has 3 heterocycles. The zero-order valence-corrected chi connectivity index (χ0v) is 16.1. The average Bonchev–Trinajstić information content (AvgIpc) is 3.15. The third-order valence-electron chi connectivity index (χ3n) is 5.67. The van der Waals surface area contributed by atoms with Crippen LogP contribution in [0.25, 0.3) is 0 Å². The van der Waals surface area contributed by atoms with Crippen LogP contribution in [0.15, 0.2) is 34.0 Å². The van der Waals surface area contributed by atoms with Crippen LogP contribution in [0.1, 0.15) is 28.0 Å². The van der Waals surface area contributed by atoms with Gasteiger partial charge in [0.25, 0.3) is 17.0 Å². The molecule has 0 atom stereocenters. The van der Waals surface area contributed by atoms with E-state index in [0.717, 1.165) is 50.2 Å². The van der Waals surface area contributed by atoms with Gasteiger partial charge < -0.3 is 9.47 Å². The molecule has 28 heavy (non-hydrogen) atoms. The summed E-state index contributed by atoms with van der Waals surface area (Å²) >= 11 is 0. The highest BCUT2D eigenvalue weighted by Crippen LogP contribution is 2.17. The first-order chi connectivity index (χ1) is 13.5. The monoisotopic (exact) mass is 383 g/mol. The first kappa shape index (κ1) is 18.6. The van der Waals surface area contributed by atoms with Crippen LogP contribution in [0.2, 0.25) is 0 Å². The molecule has 2 aromatic rings. The third-order valence-corrected chi connectivity index (χ3v) is 5.67. The predicted molar refractivity (Wildman–Crippen MR) is 105 cm³/mol. The van der Waals surface area contributed by atoms with Gasteiger partial charge in [0.2, 0.25) is 0 Å². The molecule has 1 aliphatic heterocycles. The van der Waals surface area contributed by atoms with Crippen LogP contribution in [-0.2, 0) is 26.4 Å². The molecule has 0 N–H and O–H groups in total. The maximum absolute atomic E-state index is 12.7. The van der Waals surface area contributed by atoms with E-state index in [0.29, 0.717) is 19.6 Å². The van der Waals surface area contributed by atoms with Crippen LogP contribution in [0, 0.1) is 0 Å². The lowest BCUT2D eigenvalue weighted by Gasteiger charge is -2.34. The van der Waals surface area contributed by atoms with Gasteiger partial charge in [-0.25, -0.2) is 4.68 Å². The van der Waals surface area contributed by atoms with E-state index in [-0.39, 0.29) is 22.6 Å². The fraction of sp³-hybridized carbons (Fsp3) is 0.500. The number of amides is 1. The number of aromatic nitrogens is 3. The van der Waals surface area contributed by atoms with Gasteiger partial charge in [0.1, 0.15) is 5.56 Å². The minimum absolute atomic E-state index is 0.0330. The molecule has 0 unspecified atom stereocenters. The topological polar surface area (TPSA) is 80.4 Å². The number of pyridine rings is 1. The highest BCUT2D eigenvalue weighted by molar-refractivity contribution is 5.93. The van der Waals surface area contributed by atoms with Gasteiger partial charge in [-0.1, -0.05) is 0 Å². The predicted octanol–water partition coefficient (Wildman–Crippen LogP) is -0.111. The second-order valence-electron chi connectivity index (χ2n) is 7.50. The van der Waals surface area contributed by atoms with Gasteiger partial charge in [-0.05, 0) is 37.0 Å². The smallest absolute Gasteiger partial charge is 0.267 e. The Morgan fingerprint density at radius 1 is 1.11 bits per heavy atom. The van der Waals surface area contributed by atoms with Gasteiger partial charge in [0.05, 0.1) is 12.2 Å². The standard InChI is InChI=1S/C20H25N5O3/c1-22-7-3-5-16(19(22)27)20(28)24-11-8-23(9-12-24)10-13-25-18(26)14-15-4-2-6-17(15)21-25/h3,5,7,14H,2,4,6,8-13H2,1H3. The van der Waals surface area contributed by atoms with E-state index >= 15 is 0 Å². The molecular weight excluding hydrogens is 358 g/mol. The highest BCUT2D eigenvalue weighted by atomic mass is 16.2. The van der Waals surface area contributed by atoms with Crippen molar-refractivity contribution >= 4 is 5.91 Å². The van der Waals surface area contributed by atoms with Crippen molar-refractivity contribution in [3.8, 4) is 0 Å². The van der Waals surface area contributed by atoms with Crippen LogP contribution in [0.4, 0.5) is 0 Å². The number of hydrogen-bond acceptors (Lipinski definition) is 5. The summed E-state index contributed by atoms with van der Waals surface area (Å²) in [6.45, 7) is 3.87. The van der Waals surface area contributed by atoms with Gasteiger partial charge >= 0.3 is 0 Å². The molecule has 0 aromatic carbocycles. The maximum atomic E-state index is 12.7. The summed E-state index contributed by atoms with van der Waals surface area (Å²) in [6.07, 6.45) is 4.63. The van der Waals surface area contributed by atoms with Crippen molar-refractivity contribution in [1.29, 1.82) is 0 Å². The zero-order valence-electron chi connectivity index (χ0n) is 16.1. The number of carbonyl (C=O) groups excluding carboxylic acids is 1. The summed E-state index contributed by atoms with van der Waals surface area (Å²) in [6, 6.07) is 5.03. The number of piperazine rings is 1. The molecule has 1 aliphatic carbocycles. The van der Waals surface area contributed by atoms with Crippen molar-refractivity contribution in [2.75, 3.05) is 32.7 Å². The van der Waals surface area contributed by atoms with Crippen molar-refractivity contribution < 1.29 is 4.79 Å². The summed E-state index contributed by atoms with van der Waals surface area (Å²) in [5, 5.41) is 4.51. The van der Waals surface area contributed by atoms with E-state index in [1.807, 2.05) is 0 Å². The summed E-state index contributed by atoms with van der Waals surface area (Å²) in [5.41, 5.74) is 2.07. The molecule has 1 saturated heterocycles. The Morgan fingerprint density at radius 2 is 1.89 bits per heavy atom. The number of fused-ring (bicyclic) bond motifs is 1. The Balaban J connectivity index is 1.34. The number of hydrogen-bond donors (Lipinski definition) is 0. The van der Waals surface area contributed by atoms with E-state index in [2.05, 4.69) is 10.00 Å². The van der Waals surface area contributed by atoms with E-state index in [1.165, 1.54) is 4.57 Å². The quantitative estimate of drug-likeness (QED) is 0.736. The zero-order chi connectivity index (χ0) is 19.7. The van der Waals surface area contributed by atoms with E-state index in [1.54, 1.807) is 41.0 Å². The molecule has 1 fully saturated rings. The Labute approximate surface area is 163 Å². The van der Waals surface area contributed by atoms with Crippen LogP contribution in [-0.4, -0.2) is 62.8 Å². The minimum Gasteiger partial charge on any atom is -0.336 e. The second kappa shape index (κ2) is 7.71. The van der Waals surface area contributed by atoms with Gasteiger partial charge in [-0.15, -0.1) is 0 Å². The molecule has 0 spiro atoms. The largest absolute Gasteiger partial charge is 0.336 e. The molecule has 1 amide bonds. The lowest BCUT2D eigenvalue weighted by molar-refractivity contribution is 0.0629. The van der Waals surface area contributed by atoms with Crippen molar-refractivity contribution in [3.05, 3.63) is 61.9 Å². The Kier molecular flexibility index (Phi) is 5.13. The van der Waals surface area contributed by atoms with Crippen LogP contribution in [0.5, 0.6) is 0 Å². The second-order valence-corrected chi connectivity index (χ2v) is 7.50. The van der Waals surface area contributed by atoms with Crippen molar-refractivity contribution in [2.45, 2.75) is 25.8 Å². The van der Waals surface area contributed by atoms with Gasteiger partial charge in [-0.3, -0.25) is 19.3 Å². The summed E-state index contributed by atoms with van der Waals surface area (Å²) < 4.78 is 2.99. The summed E-state index contributed by atoms with van der Waals surface area (Å²) in [5.74, 6) is -0.211. The van der Waals surface area contributed by atoms with E-state index in [4.69, 9.17) is 0 Å². The Hall–Kier alpha value is -2.74. The number of nitrogens with zero attached hydrogens (tertiary/aromatic N) is 5. The molecule has 2 aromatic heterocycles. The molecular formula is C20H25N5O3. The van der Waals surface area contributed by atoms with Crippen molar-refractivity contribution in [2.24, 2.45) is 7.05 Å². The summed E-state index contributed by atoms with van der Waals surface area (Å²) in [4.78, 5) is 41.0. The minimum atomic E-state index is -0.267. The normalized spacial score (nSPS) is 17.0. The van der Waals surface area contributed by atoms with Crippen LogP contribution < -0.4 is 11.1 Å². The maximum Gasteiger partial charge on any atom is 0.267 e. The fourth-order valence-corrected chi connectivity index (χ4v) is 3.94. The molecule has 148 valence electrons. The Morgan fingerprint density at radius 3 is 2.68 bits per heavy atom. The van der Waals surface area contributed by atoms with Crippen molar-refractivity contribution in [1.82, 2.24) is 24.1 Å². The first-order valence-electron chi connectivity index (χ1n) is 9.80. The lowest BCUT2D eigenvalue weighted by Crippen LogP contribution is -2.50. The highest BCUT2D eigenvalue weighted by Gasteiger charge is 2.24. The third kappa shape index (κ3) is 3.64. The SMILES string of the molecule is Cn1cccc(C(=O)N2CCN(CCn3nc4c(cc3=O)CCC4)CC2)c1=O. The van der Waals surface area contributed by atoms with E-state index < -0.39 is 0 Å². The van der Waals surface area contributed by atoms with Gasteiger partial charge in [-0.2, -0.15) is 5.10 Å². The van der Waals surface area contributed by atoms with Gasteiger partial charge in [0, 0.05) is 52.0 Å². The molecule has 0 radical (unpaired) electrons. The lowest BCUT2D eigenvalue weighted by atomic mass is 10.2. The number of rotatable bonds is 4. The molecule has 8 nitrogen and oxygen atoms in total. The first-order valence-corrected chi connectivity index (χ1v) is 9.80. The Bertz CT molecular complexity index is 1000.